The van der Waals surface area contributed by atoms with Gasteiger partial charge in [-0.2, -0.15) is 0 Å². The van der Waals surface area contributed by atoms with Crippen molar-refractivity contribution in [1.29, 1.82) is 0 Å². The summed E-state index contributed by atoms with van der Waals surface area (Å²) in [5, 5.41) is 3.97. The molecule has 30 heavy (non-hydrogen) atoms. The van der Waals surface area contributed by atoms with Gasteiger partial charge in [-0.25, -0.2) is 9.78 Å². The number of fused-ring (bicyclic) bond motifs is 1. The first-order valence-corrected chi connectivity index (χ1v) is 10.6. The van der Waals surface area contributed by atoms with E-state index in [1.54, 1.807) is 27.7 Å². The Balaban J connectivity index is 2.03. The Morgan fingerprint density at radius 1 is 1.23 bits per heavy atom. The molecule has 1 unspecified atom stereocenters. The van der Waals surface area contributed by atoms with Gasteiger partial charge >= 0.3 is 6.03 Å². The number of aryl methyl sites for hydroxylation is 1. The zero-order valence-corrected chi connectivity index (χ0v) is 18.5. The molecule has 1 atom stereocenters. The molecule has 2 amide bonds. The van der Waals surface area contributed by atoms with Crippen LogP contribution >= 0.6 is 11.6 Å². The minimum atomic E-state index is -0.387. The van der Waals surface area contributed by atoms with Crippen LogP contribution in [0, 0.1) is 6.92 Å². The molecule has 1 N–H and O–H groups in total. The number of hydrogen-bond donors (Lipinski definition) is 1. The standard InChI is InChI=1S/C23H27ClN4O2/c1-5-13-28(23(30)26-19-10-8-7-9-15(19)3)16(4)21-25-20-12-11-17(24)14-18(20)22(29)27(21)6-2/h7-12,14,16H,5-6,13H2,1-4H3,(H,26,30). The number of aromatic nitrogens is 2. The summed E-state index contributed by atoms with van der Waals surface area (Å²) in [7, 11) is 0. The number of carbonyl (C=O) groups is 1. The molecule has 6 nitrogen and oxygen atoms in total. The molecule has 0 saturated heterocycles. The summed E-state index contributed by atoms with van der Waals surface area (Å²) in [5.41, 5.74) is 2.18. The Morgan fingerprint density at radius 3 is 2.63 bits per heavy atom. The maximum atomic E-state index is 13.1. The molecule has 3 rings (SSSR count). The van der Waals surface area contributed by atoms with Crippen molar-refractivity contribution >= 4 is 34.2 Å². The lowest BCUT2D eigenvalue weighted by Crippen LogP contribution is -2.40. The number of urea groups is 1. The van der Waals surface area contributed by atoms with E-state index in [0.29, 0.717) is 34.8 Å². The Bertz CT molecular complexity index is 1130. The number of para-hydroxylation sites is 1. The van der Waals surface area contributed by atoms with Crippen molar-refractivity contribution in [2.75, 3.05) is 11.9 Å². The molecular formula is C23H27ClN4O2. The number of amides is 2. The molecule has 0 aliphatic carbocycles. The van der Waals surface area contributed by atoms with E-state index in [1.165, 1.54) is 0 Å². The quantitative estimate of drug-likeness (QED) is 0.575. The molecule has 1 heterocycles. The predicted molar refractivity (Wildman–Crippen MR) is 122 cm³/mol. The summed E-state index contributed by atoms with van der Waals surface area (Å²) >= 11 is 6.07. The maximum absolute atomic E-state index is 13.1. The number of halogens is 1. The van der Waals surface area contributed by atoms with Gasteiger partial charge in [-0.1, -0.05) is 36.7 Å². The van der Waals surface area contributed by atoms with Gasteiger partial charge in [-0.3, -0.25) is 9.36 Å². The molecule has 1 aromatic heterocycles. The third kappa shape index (κ3) is 4.33. The number of hydrogen-bond acceptors (Lipinski definition) is 3. The molecule has 158 valence electrons. The van der Waals surface area contributed by atoms with Gasteiger partial charge in [0.1, 0.15) is 5.82 Å². The molecule has 0 aliphatic heterocycles. The Labute approximate surface area is 181 Å². The van der Waals surface area contributed by atoms with Gasteiger partial charge in [0, 0.05) is 23.8 Å². The van der Waals surface area contributed by atoms with Crippen LogP contribution in [0.2, 0.25) is 5.02 Å². The number of benzene rings is 2. The van der Waals surface area contributed by atoms with Crippen molar-refractivity contribution in [3.05, 3.63) is 69.2 Å². The highest BCUT2D eigenvalue weighted by atomic mass is 35.5. The van der Waals surface area contributed by atoms with E-state index in [4.69, 9.17) is 16.6 Å². The van der Waals surface area contributed by atoms with Gasteiger partial charge in [0.05, 0.1) is 16.9 Å². The lowest BCUT2D eigenvalue weighted by atomic mass is 10.2. The molecule has 0 saturated carbocycles. The zero-order valence-electron chi connectivity index (χ0n) is 17.8. The van der Waals surface area contributed by atoms with Crippen LogP contribution in [0.25, 0.3) is 10.9 Å². The van der Waals surface area contributed by atoms with Gasteiger partial charge in [0.15, 0.2) is 0 Å². The van der Waals surface area contributed by atoms with Crippen LogP contribution in [0.1, 0.15) is 44.6 Å². The van der Waals surface area contributed by atoms with E-state index in [9.17, 15) is 9.59 Å². The molecule has 3 aromatic rings. The molecular weight excluding hydrogens is 400 g/mol. The molecule has 0 aliphatic rings. The maximum Gasteiger partial charge on any atom is 0.322 e. The molecule has 0 bridgehead atoms. The molecule has 2 aromatic carbocycles. The largest absolute Gasteiger partial charge is 0.322 e. The lowest BCUT2D eigenvalue weighted by molar-refractivity contribution is 0.188. The molecule has 0 radical (unpaired) electrons. The average molecular weight is 427 g/mol. The smallest absolute Gasteiger partial charge is 0.315 e. The van der Waals surface area contributed by atoms with Crippen LogP contribution in [0.5, 0.6) is 0 Å². The normalized spacial score (nSPS) is 12.0. The van der Waals surface area contributed by atoms with Crippen LogP contribution in [0.15, 0.2) is 47.3 Å². The second-order valence-electron chi connectivity index (χ2n) is 7.30. The third-order valence-electron chi connectivity index (χ3n) is 5.22. The lowest BCUT2D eigenvalue weighted by Gasteiger charge is -2.30. The highest BCUT2D eigenvalue weighted by Crippen LogP contribution is 2.23. The van der Waals surface area contributed by atoms with Crippen LogP contribution in [-0.2, 0) is 6.54 Å². The van der Waals surface area contributed by atoms with Crippen molar-refractivity contribution in [2.45, 2.75) is 46.7 Å². The number of nitrogens with one attached hydrogen (secondary N) is 1. The Morgan fingerprint density at radius 2 is 1.97 bits per heavy atom. The SMILES string of the molecule is CCCN(C(=O)Nc1ccccc1C)C(C)c1nc2ccc(Cl)cc2c(=O)n1CC. The molecule has 7 heteroatoms. The summed E-state index contributed by atoms with van der Waals surface area (Å²) in [4.78, 5) is 32.7. The highest BCUT2D eigenvalue weighted by molar-refractivity contribution is 6.31. The fourth-order valence-electron chi connectivity index (χ4n) is 3.59. The van der Waals surface area contributed by atoms with Crippen LogP contribution < -0.4 is 10.9 Å². The van der Waals surface area contributed by atoms with Gasteiger partial charge < -0.3 is 10.2 Å². The van der Waals surface area contributed by atoms with Gasteiger partial charge in [0.2, 0.25) is 0 Å². The Kier molecular flexibility index (Phi) is 6.77. The van der Waals surface area contributed by atoms with E-state index in [0.717, 1.165) is 17.7 Å². The second-order valence-corrected chi connectivity index (χ2v) is 7.73. The third-order valence-corrected chi connectivity index (χ3v) is 5.45. The van der Waals surface area contributed by atoms with Crippen LogP contribution in [0.4, 0.5) is 10.5 Å². The number of anilines is 1. The molecule has 0 spiro atoms. The van der Waals surface area contributed by atoms with Crippen molar-refractivity contribution in [1.82, 2.24) is 14.5 Å². The number of rotatable bonds is 6. The first-order valence-electron chi connectivity index (χ1n) is 10.2. The minimum absolute atomic E-state index is 0.150. The molecule has 0 fully saturated rings. The van der Waals surface area contributed by atoms with Crippen LogP contribution in [-0.4, -0.2) is 27.0 Å². The number of nitrogens with zero attached hydrogens (tertiary/aromatic N) is 3. The first kappa shape index (κ1) is 21.8. The second kappa shape index (κ2) is 9.30. The van der Waals surface area contributed by atoms with E-state index >= 15 is 0 Å². The minimum Gasteiger partial charge on any atom is -0.315 e. The Hall–Kier alpha value is -2.86. The monoisotopic (exact) mass is 426 g/mol. The highest BCUT2D eigenvalue weighted by Gasteiger charge is 2.26. The summed E-state index contributed by atoms with van der Waals surface area (Å²) in [6.07, 6.45) is 0.783. The van der Waals surface area contributed by atoms with Gasteiger partial charge in [-0.05, 0) is 57.0 Å². The van der Waals surface area contributed by atoms with Crippen molar-refractivity contribution < 1.29 is 4.79 Å². The van der Waals surface area contributed by atoms with Crippen molar-refractivity contribution in [3.8, 4) is 0 Å². The number of carbonyl (C=O) groups excluding carboxylic acids is 1. The van der Waals surface area contributed by atoms with Crippen molar-refractivity contribution in [3.63, 3.8) is 0 Å². The van der Waals surface area contributed by atoms with E-state index in [-0.39, 0.29) is 17.6 Å². The topological polar surface area (TPSA) is 67.2 Å². The van der Waals surface area contributed by atoms with Crippen LogP contribution in [0.3, 0.4) is 0 Å². The average Bonchev–Trinajstić information content (AvgIpc) is 2.73. The fraction of sp³-hybridized carbons (Fsp3) is 0.348. The fourth-order valence-corrected chi connectivity index (χ4v) is 3.76. The van der Waals surface area contributed by atoms with Crippen molar-refractivity contribution in [2.24, 2.45) is 0 Å². The summed E-state index contributed by atoms with van der Waals surface area (Å²) < 4.78 is 1.62. The first-order chi connectivity index (χ1) is 14.4. The van der Waals surface area contributed by atoms with E-state index in [1.807, 2.05) is 52.0 Å². The van der Waals surface area contributed by atoms with Gasteiger partial charge in [-0.15, -0.1) is 0 Å². The van der Waals surface area contributed by atoms with Gasteiger partial charge in [0.25, 0.3) is 5.56 Å². The summed E-state index contributed by atoms with van der Waals surface area (Å²) in [6.45, 7) is 8.76. The summed E-state index contributed by atoms with van der Waals surface area (Å²) in [5.74, 6) is 0.561. The zero-order chi connectivity index (χ0) is 21.8. The van der Waals surface area contributed by atoms with E-state index < -0.39 is 0 Å². The summed E-state index contributed by atoms with van der Waals surface area (Å²) in [6, 6.07) is 12.2. The van der Waals surface area contributed by atoms with E-state index in [2.05, 4.69) is 5.32 Å². The predicted octanol–water partition coefficient (Wildman–Crippen LogP) is 5.38.